The van der Waals surface area contributed by atoms with Gasteiger partial charge in [0.25, 0.3) is 0 Å². The first-order valence-corrected chi connectivity index (χ1v) is 5.91. The number of halogens is 2. The summed E-state index contributed by atoms with van der Waals surface area (Å²) in [6.07, 6.45) is 0.492. The van der Waals surface area contributed by atoms with Gasteiger partial charge in [-0.2, -0.15) is 0 Å². The van der Waals surface area contributed by atoms with Gasteiger partial charge in [-0.15, -0.1) is 0 Å². The number of hydrogen-bond acceptors (Lipinski definition) is 3. The summed E-state index contributed by atoms with van der Waals surface area (Å²) in [6.45, 7) is 1.33. The maximum absolute atomic E-state index is 12.9. The third-order valence-electron chi connectivity index (χ3n) is 2.33. The first kappa shape index (κ1) is 13.9. The molecule has 0 fully saturated rings. The zero-order valence-electron chi connectivity index (χ0n) is 9.53. The molecule has 0 aliphatic heterocycles. The Morgan fingerprint density at radius 3 is 2.88 bits per heavy atom. The monoisotopic (exact) mass is 303 g/mol. The zero-order valence-corrected chi connectivity index (χ0v) is 11.1. The molecule has 17 heavy (non-hydrogen) atoms. The van der Waals surface area contributed by atoms with Crippen LogP contribution in [0, 0.1) is 5.82 Å². The molecule has 0 atom stereocenters. The summed E-state index contributed by atoms with van der Waals surface area (Å²) in [7, 11) is 1.92. The zero-order chi connectivity index (χ0) is 12.8. The van der Waals surface area contributed by atoms with E-state index in [9.17, 15) is 4.39 Å². The lowest BCUT2D eigenvalue weighted by atomic mass is 10.2. The Hall–Kier alpha value is -1.14. The van der Waals surface area contributed by atoms with E-state index in [0.717, 1.165) is 10.0 Å². The molecule has 0 aliphatic rings. The predicted octanol–water partition coefficient (Wildman–Crippen LogP) is 2.16. The lowest BCUT2D eigenvalue weighted by molar-refractivity contribution is 0.309. The minimum Gasteiger partial charge on any atom is -0.409 e. The van der Waals surface area contributed by atoms with Crippen molar-refractivity contribution in [2.45, 2.75) is 13.0 Å². The quantitative estimate of drug-likeness (QED) is 0.379. The summed E-state index contributed by atoms with van der Waals surface area (Å²) in [5.74, 6) is -0.0602. The van der Waals surface area contributed by atoms with E-state index < -0.39 is 0 Å². The molecule has 0 spiro atoms. The fourth-order valence-electron chi connectivity index (χ4n) is 1.38. The number of rotatable bonds is 5. The maximum atomic E-state index is 12.9. The fraction of sp³-hybridized carbons (Fsp3) is 0.364. The van der Waals surface area contributed by atoms with Gasteiger partial charge in [0.1, 0.15) is 11.7 Å². The van der Waals surface area contributed by atoms with Crippen LogP contribution in [-0.2, 0) is 6.54 Å². The number of amidine groups is 1. The number of nitrogens with two attached hydrogens (primary N) is 1. The minimum absolute atomic E-state index is 0.204. The van der Waals surface area contributed by atoms with Crippen molar-refractivity contribution >= 4 is 21.8 Å². The molecule has 94 valence electrons. The SMILES string of the molecule is CN(CC/C(N)=N/O)Cc1ccc(F)cc1Br. The number of nitrogens with zero attached hydrogens (tertiary/aromatic N) is 2. The van der Waals surface area contributed by atoms with Gasteiger partial charge in [-0.05, 0) is 24.7 Å². The molecule has 1 rings (SSSR count). The highest BCUT2D eigenvalue weighted by Gasteiger charge is 2.06. The molecule has 1 aromatic carbocycles. The van der Waals surface area contributed by atoms with Crippen molar-refractivity contribution in [2.24, 2.45) is 10.9 Å². The van der Waals surface area contributed by atoms with Gasteiger partial charge in [0.2, 0.25) is 0 Å². The second-order valence-corrected chi connectivity index (χ2v) is 4.67. The van der Waals surface area contributed by atoms with E-state index in [2.05, 4.69) is 21.1 Å². The third kappa shape index (κ3) is 4.70. The highest BCUT2D eigenvalue weighted by Crippen LogP contribution is 2.19. The highest BCUT2D eigenvalue weighted by molar-refractivity contribution is 9.10. The minimum atomic E-state index is -0.264. The van der Waals surface area contributed by atoms with E-state index in [4.69, 9.17) is 10.9 Å². The Balaban J connectivity index is 2.53. The van der Waals surface area contributed by atoms with Gasteiger partial charge in [0, 0.05) is 24.0 Å². The van der Waals surface area contributed by atoms with E-state index in [1.165, 1.54) is 12.1 Å². The summed E-state index contributed by atoms with van der Waals surface area (Å²) in [5.41, 5.74) is 6.37. The van der Waals surface area contributed by atoms with Gasteiger partial charge in [-0.1, -0.05) is 27.2 Å². The van der Waals surface area contributed by atoms with Crippen molar-refractivity contribution in [1.29, 1.82) is 0 Å². The smallest absolute Gasteiger partial charge is 0.140 e. The lowest BCUT2D eigenvalue weighted by Gasteiger charge is -2.17. The number of oxime groups is 1. The molecule has 0 saturated heterocycles. The molecule has 0 aliphatic carbocycles. The van der Waals surface area contributed by atoms with E-state index in [1.807, 2.05) is 11.9 Å². The van der Waals surface area contributed by atoms with Crippen molar-refractivity contribution in [2.75, 3.05) is 13.6 Å². The van der Waals surface area contributed by atoms with Crippen LogP contribution in [0.3, 0.4) is 0 Å². The highest BCUT2D eigenvalue weighted by atomic mass is 79.9. The standard InChI is InChI=1S/C11H15BrFN3O/c1-16(5-4-11(14)15-17)7-8-2-3-9(13)6-10(8)12/h2-3,6,17H,4-5,7H2,1H3,(H2,14,15). The summed E-state index contributed by atoms with van der Waals surface area (Å²) in [6, 6.07) is 4.60. The molecule has 0 aromatic heterocycles. The van der Waals surface area contributed by atoms with Crippen molar-refractivity contribution in [3.8, 4) is 0 Å². The number of hydrogen-bond donors (Lipinski definition) is 2. The normalized spacial score (nSPS) is 12.1. The summed E-state index contributed by atoms with van der Waals surface area (Å²) < 4.78 is 13.6. The predicted molar refractivity (Wildman–Crippen MR) is 68.5 cm³/mol. The lowest BCUT2D eigenvalue weighted by Crippen LogP contribution is -2.24. The van der Waals surface area contributed by atoms with Crippen LogP contribution in [0.1, 0.15) is 12.0 Å². The second kappa shape index (κ2) is 6.56. The van der Waals surface area contributed by atoms with E-state index in [-0.39, 0.29) is 11.7 Å². The summed E-state index contributed by atoms with van der Waals surface area (Å²) in [4.78, 5) is 2.01. The molecule has 6 heteroatoms. The summed E-state index contributed by atoms with van der Waals surface area (Å²) in [5, 5.41) is 11.3. The van der Waals surface area contributed by atoms with Gasteiger partial charge >= 0.3 is 0 Å². The first-order chi connectivity index (χ1) is 8.02. The Morgan fingerprint density at radius 1 is 1.59 bits per heavy atom. The van der Waals surface area contributed by atoms with Crippen LogP contribution in [0.25, 0.3) is 0 Å². The molecule has 4 nitrogen and oxygen atoms in total. The molecule has 0 saturated carbocycles. The fourth-order valence-corrected chi connectivity index (χ4v) is 1.85. The van der Waals surface area contributed by atoms with Gasteiger partial charge in [0.15, 0.2) is 0 Å². The van der Waals surface area contributed by atoms with Gasteiger partial charge in [-0.3, -0.25) is 0 Å². The molecular weight excluding hydrogens is 289 g/mol. The van der Waals surface area contributed by atoms with Crippen LogP contribution in [0.2, 0.25) is 0 Å². The van der Waals surface area contributed by atoms with Gasteiger partial charge < -0.3 is 15.8 Å². The Labute approximate surface area is 108 Å². The van der Waals surface area contributed by atoms with Gasteiger partial charge in [0.05, 0.1) is 0 Å². The van der Waals surface area contributed by atoms with Crippen LogP contribution in [-0.4, -0.2) is 29.5 Å². The first-order valence-electron chi connectivity index (χ1n) is 5.12. The average molecular weight is 304 g/mol. The largest absolute Gasteiger partial charge is 0.409 e. The second-order valence-electron chi connectivity index (χ2n) is 3.81. The van der Waals surface area contributed by atoms with Crippen LogP contribution >= 0.6 is 15.9 Å². The average Bonchev–Trinajstić information content (AvgIpc) is 2.29. The van der Waals surface area contributed by atoms with E-state index >= 15 is 0 Å². The Bertz CT molecular complexity index is 412. The Kier molecular flexibility index (Phi) is 5.37. The van der Waals surface area contributed by atoms with Crippen molar-refractivity contribution < 1.29 is 9.60 Å². The summed E-state index contributed by atoms with van der Waals surface area (Å²) >= 11 is 3.31. The molecule has 0 unspecified atom stereocenters. The van der Waals surface area contributed by atoms with Crippen molar-refractivity contribution in [3.63, 3.8) is 0 Å². The molecule has 1 aromatic rings. The van der Waals surface area contributed by atoms with Crippen molar-refractivity contribution in [3.05, 3.63) is 34.1 Å². The molecule has 3 N–H and O–H groups in total. The van der Waals surface area contributed by atoms with Crippen LogP contribution in [0.15, 0.2) is 27.8 Å². The number of benzene rings is 1. The molecule has 0 radical (unpaired) electrons. The Morgan fingerprint density at radius 2 is 2.29 bits per heavy atom. The van der Waals surface area contributed by atoms with E-state index in [0.29, 0.717) is 19.5 Å². The topological polar surface area (TPSA) is 61.8 Å². The van der Waals surface area contributed by atoms with Crippen LogP contribution in [0.4, 0.5) is 4.39 Å². The van der Waals surface area contributed by atoms with Crippen LogP contribution in [0.5, 0.6) is 0 Å². The molecule has 0 heterocycles. The van der Waals surface area contributed by atoms with Crippen molar-refractivity contribution in [1.82, 2.24) is 4.90 Å². The van der Waals surface area contributed by atoms with E-state index in [1.54, 1.807) is 6.07 Å². The maximum Gasteiger partial charge on any atom is 0.140 e. The molecule has 0 amide bonds. The third-order valence-corrected chi connectivity index (χ3v) is 3.07. The van der Waals surface area contributed by atoms with Gasteiger partial charge in [-0.25, -0.2) is 4.39 Å². The molecule has 0 bridgehead atoms. The van der Waals surface area contributed by atoms with Crippen LogP contribution < -0.4 is 5.73 Å². The molecular formula is C11H15BrFN3O.